The minimum Gasteiger partial charge on any atom is -0.493 e. The molecule has 0 radical (unpaired) electrons. The molecule has 0 aliphatic heterocycles. The molecule has 1 fully saturated rings. The molecule has 2 aromatic rings. The fraction of sp³-hybridized carbons (Fsp3) is 0.533. The summed E-state index contributed by atoms with van der Waals surface area (Å²) in [6.45, 7) is 0.994. The van der Waals surface area contributed by atoms with Crippen molar-refractivity contribution in [1.82, 2.24) is 9.55 Å². The van der Waals surface area contributed by atoms with Crippen LogP contribution in [0.15, 0.2) is 12.1 Å². The van der Waals surface area contributed by atoms with Gasteiger partial charge < -0.3 is 14.0 Å². The minimum atomic E-state index is 0.423. The largest absolute Gasteiger partial charge is 0.493 e. The van der Waals surface area contributed by atoms with Gasteiger partial charge in [0.1, 0.15) is 5.82 Å². The Morgan fingerprint density at radius 3 is 2.50 bits per heavy atom. The van der Waals surface area contributed by atoms with Gasteiger partial charge in [-0.2, -0.15) is 0 Å². The average molecular weight is 295 g/mol. The van der Waals surface area contributed by atoms with E-state index < -0.39 is 0 Å². The number of alkyl halides is 1. The van der Waals surface area contributed by atoms with E-state index in [1.54, 1.807) is 14.2 Å². The number of benzene rings is 1. The zero-order valence-corrected chi connectivity index (χ0v) is 12.6. The lowest BCUT2D eigenvalue weighted by Gasteiger charge is -2.26. The molecule has 1 aliphatic carbocycles. The summed E-state index contributed by atoms with van der Waals surface area (Å²) < 4.78 is 13.0. The van der Waals surface area contributed by atoms with Crippen LogP contribution < -0.4 is 9.47 Å². The van der Waals surface area contributed by atoms with Crippen LogP contribution in [0.25, 0.3) is 11.0 Å². The van der Waals surface area contributed by atoms with Crippen molar-refractivity contribution in [3.8, 4) is 11.5 Å². The van der Waals surface area contributed by atoms with Crippen molar-refractivity contribution < 1.29 is 9.47 Å². The maximum atomic E-state index is 6.05. The summed E-state index contributed by atoms with van der Waals surface area (Å²) in [7, 11) is 3.29. The Bertz CT molecular complexity index is 620. The zero-order valence-electron chi connectivity index (χ0n) is 11.9. The zero-order chi connectivity index (χ0) is 14.1. The van der Waals surface area contributed by atoms with Crippen molar-refractivity contribution in [2.75, 3.05) is 14.2 Å². The summed E-state index contributed by atoms with van der Waals surface area (Å²) in [5.74, 6) is 3.53. The van der Waals surface area contributed by atoms with Gasteiger partial charge in [-0.05, 0) is 18.8 Å². The van der Waals surface area contributed by atoms with Gasteiger partial charge in [0, 0.05) is 18.7 Å². The van der Waals surface area contributed by atoms with Crippen LogP contribution in [0.1, 0.15) is 25.1 Å². The highest BCUT2D eigenvalue weighted by Crippen LogP contribution is 2.35. The molecule has 5 heteroatoms. The van der Waals surface area contributed by atoms with Crippen LogP contribution in [0.4, 0.5) is 0 Å². The first-order valence-electron chi connectivity index (χ1n) is 6.94. The number of hydrogen-bond donors (Lipinski definition) is 0. The SMILES string of the molecule is COc1cc2nc(CCl)n(CC3CCC3)c2cc1OC. The predicted molar refractivity (Wildman–Crippen MR) is 79.7 cm³/mol. The first kappa shape index (κ1) is 13.6. The van der Waals surface area contributed by atoms with Gasteiger partial charge in [-0.1, -0.05) is 6.42 Å². The number of aromatic nitrogens is 2. The molecule has 108 valence electrons. The van der Waals surface area contributed by atoms with E-state index in [-0.39, 0.29) is 0 Å². The normalized spacial score (nSPS) is 15.3. The monoisotopic (exact) mass is 294 g/mol. The van der Waals surface area contributed by atoms with Gasteiger partial charge in [0.15, 0.2) is 11.5 Å². The molecule has 1 heterocycles. The molecule has 0 saturated heterocycles. The Labute approximate surface area is 123 Å². The molecule has 3 rings (SSSR count). The number of rotatable bonds is 5. The third-order valence-electron chi connectivity index (χ3n) is 4.12. The Morgan fingerprint density at radius 1 is 1.25 bits per heavy atom. The van der Waals surface area contributed by atoms with Gasteiger partial charge in [-0.3, -0.25) is 0 Å². The summed E-state index contributed by atoms with van der Waals surface area (Å²) in [5, 5.41) is 0. The second kappa shape index (κ2) is 5.52. The summed E-state index contributed by atoms with van der Waals surface area (Å²) in [6.07, 6.45) is 3.94. The van der Waals surface area contributed by atoms with E-state index in [2.05, 4.69) is 9.55 Å². The summed E-state index contributed by atoms with van der Waals surface area (Å²) in [4.78, 5) is 4.62. The predicted octanol–water partition coefficient (Wildman–Crippen LogP) is 3.59. The maximum absolute atomic E-state index is 6.05. The Kier molecular flexibility index (Phi) is 3.74. The number of halogens is 1. The van der Waals surface area contributed by atoms with Crippen molar-refractivity contribution in [3.05, 3.63) is 18.0 Å². The van der Waals surface area contributed by atoms with E-state index >= 15 is 0 Å². The molecule has 0 unspecified atom stereocenters. The van der Waals surface area contributed by atoms with E-state index in [0.29, 0.717) is 11.6 Å². The molecular weight excluding hydrogens is 276 g/mol. The lowest BCUT2D eigenvalue weighted by molar-refractivity contribution is 0.277. The molecule has 0 N–H and O–H groups in total. The van der Waals surface area contributed by atoms with Crippen LogP contribution in [-0.2, 0) is 12.4 Å². The molecular formula is C15H19ClN2O2. The van der Waals surface area contributed by atoms with Crippen molar-refractivity contribution in [2.24, 2.45) is 5.92 Å². The van der Waals surface area contributed by atoms with E-state index in [1.165, 1.54) is 19.3 Å². The summed E-state index contributed by atoms with van der Waals surface area (Å²) in [6, 6.07) is 3.91. The lowest BCUT2D eigenvalue weighted by atomic mass is 9.85. The number of fused-ring (bicyclic) bond motifs is 1. The van der Waals surface area contributed by atoms with Crippen LogP contribution in [0.2, 0.25) is 0 Å². The van der Waals surface area contributed by atoms with Crippen molar-refractivity contribution in [2.45, 2.75) is 31.7 Å². The molecule has 0 bridgehead atoms. The quantitative estimate of drug-likeness (QED) is 0.791. The van der Waals surface area contributed by atoms with E-state index in [9.17, 15) is 0 Å². The summed E-state index contributed by atoms with van der Waals surface area (Å²) in [5.41, 5.74) is 1.99. The first-order valence-corrected chi connectivity index (χ1v) is 7.47. The fourth-order valence-electron chi connectivity index (χ4n) is 2.74. The van der Waals surface area contributed by atoms with Crippen molar-refractivity contribution in [1.29, 1.82) is 0 Å². The van der Waals surface area contributed by atoms with Crippen molar-refractivity contribution >= 4 is 22.6 Å². The van der Waals surface area contributed by atoms with Crippen LogP contribution >= 0.6 is 11.6 Å². The van der Waals surface area contributed by atoms with Gasteiger partial charge >= 0.3 is 0 Å². The van der Waals surface area contributed by atoms with Gasteiger partial charge in [0.2, 0.25) is 0 Å². The fourth-order valence-corrected chi connectivity index (χ4v) is 2.95. The highest BCUT2D eigenvalue weighted by Gasteiger charge is 2.21. The second-order valence-corrected chi connectivity index (χ2v) is 5.53. The summed E-state index contributed by atoms with van der Waals surface area (Å²) >= 11 is 6.05. The Balaban J connectivity index is 2.09. The Hall–Kier alpha value is -1.42. The average Bonchev–Trinajstić information content (AvgIpc) is 2.77. The Morgan fingerprint density at radius 2 is 1.95 bits per heavy atom. The highest BCUT2D eigenvalue weighted by atomic mass is 35.5. The van der Waals surface area contributed by atoms with Crippen LogP contribution in [0.5, 0.6) is 11.5 Å². The third-order valence-corrected chi connectivity index (χ3v) is 4.36. The molecule has 4 nitrogen and oxygen atoms in total. The molecule has 0 amide bonds. The number of ether oxygens (including phenoxy) is 2. The molecule has 1 aromatic heterocycles. The molecule has 1 saturated carbocycles. The van der Waals surface area contributed by atoms with Gasteiger partial charge in [0.25, 0.3) is 0 Å². The molecule has 1 aliphatic rings. The highest BCUT2D eigenvalue weighted by molar-refractivity contribution is 6.16. The molecule has 0 atom stereocenters. The minimum absolute atomic E-state index is 0.423. The van der Waals surface area contributed by atoms with Gasteiger partial charge in [0.05, 0.1) is 31.1 Å². The number of imidazole rings is 1. The number of methoxy groups -OCH3 is 2. The lowest BCUT2D eigenvalue weighted by Crippen LogP contribution is -2.19. The van der Waals surface area contributed by atoms with E-state index in [4.69, 9.17) is 21.1 Å². The van der Waals surface area contributed by atoms with Crippen LogP contribution in [-0.4, -0.2) is 23.8 Å². The van der Waals surface area contributed by atoms with Gasteiger partial charge in [-0.25, -0.2) is 4.98 Å². The smallest absolute Gasteiger partial charge is 0.163 e. The second-order valence-electron chi connectivity index (χ2n) is 5.27. The van der Waals surface area contributed by atoms with E-state index in [0.717, 1.165) is 35.1 Å². The number of nitrogens with zero attached hydrogens (tertiary/aromatic N) is 2. The number of hydrogen-bond acceptors (Lipinski definition) is 3. The molecule has 1 aromatic carbocycles. The van der Waals surface area contributed by atoms with Crippen molar-refractivity contribution in [3.63, 3.8) is 0 Å². The third kappa shape index (κ3) is 2.22. The topological polar surface area (TPSA) is 36.3 Å². The first-order chi connectivity index (χ1) is 9.76. The molecule has 20 heavy (non-hydrogen) atoms. The maximum Gasteiger partial charge on any atom is 0.163 e. The molecule has 0 spiro atoms. The standard InChI is InChI=1S/C15H19ClN2O2/c1-19-13-6-11-12(7-14(13)20-2)18(15(8-16)17-11)9-10-4-3-5-10/h6-7,10H,3-5,8-9H2,1-2H3. The van der Waals surface area contributed by atoms with Gasteiger partial charge in [-0.15, -0.1) is 11.6 Å². The van der Waals surface area contributed by atoms with Crippen LogP contribution in [0, 0.1) is 5.92 Å². The van der Waals surface area contributed by atoms with E-state index in [1.807, 2.05) is 12.1 Å². The van der Waals surface area contributed by atoms with Crippen LogP contribution in [0.3, 0.4) is 0 Å².